The minimum Gasteiger partial charge on any atom is -0.338 e. The number of amides is 1. The van der Waals surface area contributed by atoms with Crippen molar-refractivity contribution in [1.29, 1.82) is 0 Å². The fraction of sp³-hybridized carbons (Fsp3) is 0.923. The molecule has 0 aromatic carbocycles. The van der Waals surface area contributed by atoms with E-state index in [4.69, 9.17) is 0 Å². The van der Waals surface area contributed by atoms with Crippen molar-refractivity contribution >= 4 is 18.3 Å². The van der Waals surface area contributed by atoms with Crippen molar-refractivity contribution in [2.45, 2.75) is 51.5 Å². The lowest BCUT2D eigenvalue weighted by Crippen LogP contribution is -2.43. The smallest absolute Gasteiger partial charge is 0.223 e. The van der Waals surface area contributed by atoms with Crippen LogP contribution in [-0.4, -0.2) is 36.5 Å². The molecule has 1 aliphatic carbocycles. The summed E-state index contributed by atoms with van der Waals surface area (Å²) in [4.78, 5) is 14.4. The third-order valence-electron chi connectivity index (χ3n) is 3.95. The van der Waals surface area contributed by atoms with Gasteiger partial charge in [-0.3, -0.25) is 4.79 Å². The van der Waals surface area contributed by atoms with Crippen LogP contribution in [0.4, 0.5) is 0 Å². The highest BCUT2D eigenvalue weighted by atomic mass is 35.5. The highest BCUT2D eigenvalue weighted by Crippen LogP contribution is 2.30. The maximum absolute atomic E-state index is 12.2. The number of halogens is 1. The summed E-state index contributed by atoms with van der Waals surface area (Å²) in [5.74, 6) is 1.10. The van der Waals surface area contributed by atoms with Gasteiger partial charge in [-0.2, -0.15) is 0 Å². The van der Waals surface area contributed by atoms with Crippen LogP contribution in [0.1, 0.15) is 45.4 Å². The zero-order valence-electron chi connectivity index (χ0n) is 10.8. The number of rotatable bonds is 5. The predicted octanol–water partition coefficient (Wildman–Crippen LogP) is 2.20. The Kier molecular flexibility index (Phi) is 6.28. The molecule has 2 fully saturated rings. The molecule has 3 nitrogen and oxygen atoms in total. The summed E-state index contributed by atoms with van der Waals surface area (Å²) in [6.07, 6.45) is 6.89. The monoisotopic (exact) mass is 260 g/mol. The third-order valence-corrected chi connectivity index (χ3v) is 3.95. The molecular weight excluding hydrogens is 236 g/mol. The zero-order valence-corrected chi connectivity index (χ0v) is 11.6. The van der Waals surface area contributed by atoms with Gasteiger partial charge in [-0.1, -0.05) is 13.3 Å². The lowest BCUT2D eigenvalue weighted by Gasteiger charge is -2.32. The van der Waals surface area contributed by atoms with E-state index >= 15 is 0 Å². The average molecular weight is 261 g/mol. The van der Waals surface area contributed by atoms with E-state index in [0.29, 0.717) is 17.9 Å². The fourth-order valence-electron chi connectivity index (χ4n) is 2.72. The summed E-state index contributed by atoms with van der Waals surface area (Å²) in [5.41, 5.74) is 0. The second-order valence-corrected chi connectivity index (χ2v) is 5.23. The average Bonchev–Trinajstić information content (AvgIpc) is 2.72. The van der Waals surface area contributed by atoms with Crippen LogP contribution in [0.2, 0.25) is 0 Å². The zero-order chi connectivity index (χ0) is 11.4. The Labute approximate surface area is 111 Å². The van der Waals surface area contributed by atoms with Crippen molar-refractivity contribution in [2.75, 3.05) is 19.6 Å². The van der Waals surface area contributed by atoms with E-state index in [-0.39, 0.29) is 12.4 Å². The van der Waals surface area contributed by atoms with Gasteiger partial charge in [0.2, 0.25) is 5.91 Å². The number of hydrogen-bond donors (Lipinski definition) is 1. The molecule has 0 aromatic heterocycles. The van der Waals surface area contributed by atoms with E-state index in [1.54, 1.807) is 0 Å². The van der Waals surface area contributed by atoms with Gasteiger partial charge in [0.1, 0.15) is 0 Å². The molecule has 2 rings (SSSR count). The van der Waals surface area contributed by atoms with Crippen LogP contribution >= 0.6 is 12.4 Å². The molecule has 1 amide bonds. The van der Waals surface area contributed by atoms with Gasteiger partial charge in [-0.05, 0) is 38.1 Å². The molecular formula is C13H25ClN2O. The largest absolute Gasteiger partial charge is 0.338 e. The number of nitrogens with zero attached hydrogens (tertiary/aromatic N) is 1. The predicted molar refractivity (Wildman–Crippen MR) is 72.5 cm³/mol. The van der Waals surface area contributed by atoms with E-state index in [0.717, 1.165) is 38.9 Å². The van der Waals surface area contributed by atoms with Crippen LogP contribution in [0.5, 0.6) is 0 Å². The molecule has 0 aromatic rings. The fourth-order valence-corrected chi connectivity index (χ4v) is 2.72. The molecule has 1 heterocycles. The van der Waals surface area contributed by atoms with E-state index in [1.807, 2.05) is 0 Å². The minimum atomic E-state index is 0. The molecule has 1 saturated carbocycles. The van der Waals surface area contributed by atoms with Crippen LogP contribution in [0.15, 0.2) is 0 Å². The summed E-state index contributed by atoms with van der Waals surface area (Å²) in [6, 6.07) is 0.465. The molecule has 0 radical (unpaired) electrons. The SMILES string of the molecule is CCCN(C(=O)CC1CCC1)C1CCNC1.Cl. The van der Waals surface area contributed by atoms with Crippen LogP contribution in [0.25, 0.3) is 0 Å². The van der Waals surface area contributed by atoms with Crippen molar-refractivity contribution in [2.24, 2.45) is 5.92 Å². The first-order valence-electron chi connectivity index (χ1n) is 6.81. The Bertz CT molecular complexity index is 238. The van der Waals surface area contributed by atoms with Crippen LogP contribution < -0.4 is 5.32 Å². The van der Waals surface area contributed by atoms with Crippen LogP contribution in [0, 0.1) is 5.92 Å². The first kappa shape index (κ1) is 14.8. The Balaban J connectivity index is 0.00000144. The van der Waals surface area contributed by atoms with Crippen molar-refractivity contribution in [3.8, 4) is 0 Å². The molecule has 1 N–H and O–H groups in total. The van der Waals surface area contributed by atoms with Gasteiger partial charge in [0, 0.05) is 25.6 Å². The first-order valence-corrected chi connectivity index (χ1v) is 6.81. The quantitative estimate of drug-likeness (QED) is 0.822. The summed E-state index contributed by atoms with van der Waals surface area (Å²) in [7, 11) is 0. The second-order valence-electron chi connectivity index (χ2n) is 5.23. The molecule has 100 valence electrons. The van der Waals surface area contributed by atoms with E-state index in [2.05, 4.69) is 17.1 Å². The van der Waals surface area contributed by atoms with Gasteiger partial charge in [0.05, 0.1) is 0 Å². The number of nitrogens with one attached hydrogen (secondary N) is 1. The van der Waals surface area contributed by atoms with Crippen molar-refractivity contribution in [1.82, 2.24) is 10.2 Å². The Morgan fingerprint density at radius 2 is 2.12 bits per heavy atom. The Hall–Kier alpha value is -0.280. The van der Waals surface area contributed by atoms with Gasteiger partial charge >= 0.3 is 0 Å². The number of carbonyl (C=O) groups excluding carboxylic acids is 1. The lowest BCUT2D eigenvalue weighted by atomic mass is 9.82. The molecule has 0 spiro atoms. The summed E-state index contributed by atoms with van der Waals surface area (Å²) in [5, 5.41) is 3.35. The lowest BCUT2D eigenvalue weighted by molar-refractivity contribution is -0.134. The molecule has 0 bridgehead atoms. The van der Waals surface area contributed by atoms with Gasteiger partial charge in [-0.15, -0.1) is 12.4 Å². The highest BCUT2D eigenvalue weighted by molar-refractivity contribution is 5.85. The van der Waals surface area contributed by atoms with E-state index < -0.39 is 0 Å². The van der Waals surface area contributed by atoms with Gasteiger partial charge in [-0.25, -0.2) is 0 Å². The normalized spacial score (nSPS) is 23.9. The highest BCUT2D eigenvalue weighted by Gasteiger charge is 2.28. The summed E-state index contributed by atoms with van der Waals surface area (Å²) >= 11 is 0. The van der Waals surface area contributed by atoms with Crippen LogP contribution in [-0.2, 0) is 4.79 Å². The molecule has 2 aliphatic rings. The van der Waals surface area contributed by atoms with Crippen molar-refractivity contribution < 1.29 is 4.79 Å². The standard InChI is InChI=1S/C13H24N2O.ClH/c1-2-8-15(12-6-7-14-10-12)13(16)9-11-4-3-5-11;/h11-12,14H,2-10H2,1H3;1H. The van der Waals surface area contributed by atoms with E-state index in [9.17, 15) is 4.79 Å². The molecule has 1 aliphatic heterocycles. The summed E-state index contributed by atoms with van der Waals surface area (Å²) < 4.78 is 0. The van der Waals surface area contributed by atoms with Crippen molar-refractivity contribution in [3.63, 3.8) is 0 Å². The third kappa shape index (κ3) is 3.85. The molecule has 1 atom stereocenters. The summed E-state index contributed by atoms with van der Waals surface area (Å²) in [6.45, 7) is 5.17. The maximum Gasteiger partial charge on any atom is 0.223 e. The topological polar surface area (TPSA) is 32.3 Å². The van der Waals surface area contributed by atoms with Gasteiger partial charge < -0.3 is 10.2 Å². The molecule has 17 heavy (non-hydrogen) atoms. The second kappa shape index (κ2) is 7.22. The number of hydrogen-bond acceptors (Lipinski definition) is 2. The Morgan fingerprint density at radius 1 is 1.35 bits per heavy atom. The Morgan fingerprint density at radius 3 is 2.59 bits per heavy atom. The maximum atomic E-state index is 12.2. The van der Waals surface area contributed by atoms with Gasteiger partial charge in [0.25, 0.3) is 0 Å². The first-order chi connectivity index (χ1) is 7.81. The molecule has 1 saturated heterocycles. The molecule has 4 heteroatoms. The molecule has 1 unspecified atom stereocenters. The van der Waals surface area contributed by atoms with E-state index in [1.165, 1.54) is 19.3 Å². The van der Waals surface area contributed by atoms with Gasteiger partial charge in [0.15, 0.2) is 0 Å². The van der Waals surface area contributed by atoms with Crippen molar-refractivity contribution in [3.05, 3.63) is 0 Å². The minimum absolute atomic E-state index is 0. The number of carbonyl (C=O) groups is 1. The van der Waals surface area contributed by atoms with Crippen LogP contribution in [0.3, 0.4) is 0 Å².